The molecule has 2 saturated heterocycles. The van der Waals surface area contributed by atoms with E-state index in [4.69, 9.17) is 4.74 Å². The van der Waals surface area contributed by atoms with Crippen LogP contribution in [0, 0.1) is 19.8 Å². The normalized spacial score (nSPS) is 26.4. The van der Waals surface area contributed by atoms with Gasteiger partial charge >= 0.3 is 0 Å². The lowest BCUT2D eigenvalue weighted by Gasteiger charge is -2.27. The molecular formula is C15H23N3O2. The average molecular weight is 277 g/mol. The highest BCUT2D eigenvalue weighted by Crippen LogP contribution is 2.24. The molecule has 20 heavy (non-hydrogen) atoms. The lowest BCUT2D eigenvalue weighted by atomic mass is 10.1. The monoisotopic (exact) mass is 277 g/mol. The van der Waals surface area contributed by atoms with E-state index in [0.717, 1.165) is 44.7 Å². The van der Waals surface area contributed by atoms with Gasteiger partial charge in [-0.3, -0.25) is 9.48 Å². The summed E-state index contributed by atoms with van der Waals surface area (Å²) in [5.74, 6) is 0.364. The van der Waals surface area contributed by atoms with Crippen molar-refractivity contribution in [2.75, 3.05) is 19.8 Å². The fraction of sp³-hybridized carbons (Fsp3) is 0.733. The molecule has 0 bridgehead atoms. The van der Waals surface area contributed by atoms with Gasteiger partial charge in [0, 0.05) is 18.8 Å². The van der Waals surface area contributed by atoms with Crippen LogP contribution in [0.5, 0.6) is 0 Å². The molecule has 1 aromatic heterocycles. The Hall–Kier alpha value is -1.36. The molecule has 0 spiro atoms. The number of carbonyl (C=O) groups excluding carboxylic acids is 1. The Morgan fingerprint density at radius 3 is 2.95 bits per heavy atom. The van der Waals surface area contributed by atoms with E-state index in [1.807, 2.05) is 11.6 Å². The number of hydrogen-bond donors (Lipinski definition) is 0. The van der Waals surface area contributed by atoms with E-state index in [2.05, 4.69) is 23.0 Å². The van der Waals surface area contributed by atoms with Gasteiger partial charge in [-0.05, 0) is 39.2 Å². The van der Waals surface area contributed by atoms with E-state index in [-0.39, 0.29) is 11.8 Å². The molecule has 2 aliphatic rings. The minimum absolute atomic E-state index is 0.0797. The molecule has 2 fully saturated rings. The highest BCUT2D eigenvalue weighted by atomic mass is 16.5. The summed E-state index contributed by atoms with van der Waals surface area (Å²) in [6, 6.07) is 2.38. The van der Waals surface area contributed by atoms with Crippen LogP contribution in [0.1, 0.15) is 30.7 Å². The van der Waals surface area contributed by atoms with Gasteiger partial charge in [0.1, 0.15) is 0 Å². The number of aromatic nitrogens is 2. The second kappa shape index (κ2) is 5.56. The molecule has 0 saturated carbocycles. The third kappa shape index (κ3) is 2.59. The fourth-order valence-corrected chi connectivity index (χ4v) is 3.34. The van der Waals surface area contributed by atoms with E-state index in [1.165, 1.54) is 5.69 Å². The first-order valence-electron chi connectivity index (χ1n) is 7.54. The number of aryl methyl sites for hydroxylation is 2. The molecule has 0 radical (unpaired) electrons. The minimum atomic E-state index is 0.0797. The maximum Gasteiger partial charge on any atom is 0.228 e. The standard InChI is InChI=1S/C15H23N3O2/c1-11-8-12(2)18(16-11)9-14-4-3-6-17(14)15(19)13-5-7-20-10-13/h8,13-14H,3-7,9-10H2,1-2H3/t13-,14+/m0/s1. The van der Waals surface area contributed by atoms with Gasteiger partial charge < -0.3 is 9.64 Å². The topological polar surface area (TPSA) is 47.4 Å². The zero-order valence-corrected chi connectivity index (χ0v) is 12.3. The van der Waals surface area contributed by atoms with E-state index in [0.29, 0.717) is 12.6 Å². The summed E-state index contributed by atoms with van der Waals surface area (Å²) in [7, 11) is 0. The van der Waals surface area contributed by atoms with Crippen molar-refractivity contribution in [2.24, 2.45) is 5.92 Å². The van der Waals surface area contributed by atoms with E-state index >= 15 is 0 Å². The Bertz CT molecular complexity index is 491. The van der Waals surface area contributed by atoms with Gasteiger partial charge in [0.15, 0.2) is 0 Å². The number of nitrogens with zero attached hydrogens (tertiary/aromatic N) is 3. The molecule has 3 rings (SSSR count). The third-order valence-corrected chi connectivity index (χ3v) is 4.43. The van der Waals surface area contributed by atoms with Gasteiger partial charge in [0.25, 0.3) is 0 Å². The predicted molar refractivity (Wildman–Crippen MR) is 75.4 cm³/mol. The number of carbonyl (C=O) groups is 1. The Labute approximate surface area is 119 Å². The van der Waals surface area contributed by atoms with E-state index in [9.17, 15) is 4.79 Å². The summed E-state index contributed by atoms with van der Waals surface area (Å²) < 4.78 is 7.39. The molecular weight excluding hydrogens is 254 g/mol. The predicted octanol–water partition coefficient (Wildman–Crippen LogP) is 1.53. The molecule has 0 unspecified atom stereocenters. The Kier molecular flexibility index (Phi) is 3.78. The largest absolute Gasteiger partial charge is 0.381 e. The SMILES string of the molecule is Cc1cc(C)n(C[C@H]2CCCN2C(=O)[C@H]2CCOC2)n1. The van der Waals surface area contributed by atoms with Gasteiger partial charge in [-0.1, -0.05) is 0 Å². The first-order valence-corrected chi connectivity index (χ1v) is 7.54. The van der Waals surface area contributed by atoms with Crippen molar-refractivity contribution in [3.05, 3.63) is 17.5 Å². The van der Waals surface area contributed by atoms with Gasteiger partial charge in [0.2, 0.25) is 5.91 Å². The molecule has 0 aliphatic carbocycles. The quantitative estimate of drug-likeness (QED) is 0.841. The number of rotatable bonds is 3. The molecule has 2 aliphatic heterocycles. The van der Waals surface area contributed by atoms with Gasteiger partial charge in [-0.25, -0.2) is 0 Å². The van der Waals surface area contributed by atoms with Gasteiger partial charge in [-0.2, -0.15) is 5.10 Å². The zero-order valence-electron chi connectivity index (χ0n) is 12.3. The van der Waals surface area contributed by atoms with Crippen molar-refractivity contribution in [1.29, 1.82) is 0 Å². The van der Waals surface area contributed by atoms with Gasteiger partial charge in [-0.15, -0.1) is 0 Å². The van der Waals surface area contributed by atoms with Crippen LogP contribution >= 0.6 is 0 Å². The summed E-state index contributed by atoms with van der Waals surface area (Å²) in [5.41, 5.74) is 2.22. The minimum Gasteiger partial charge on any atom is -0.381 e. The first kappa shape index (κ1) is 13.6. The second-order valence-electron chi connectivity index (χ2n) is 6.00. The summed E-state index contributed by atoms with van der Waals surface area (Å²) >= 11 is 0. The number of likely N-dealkylation sites (tertiary alicyclic amines) is 1. The number of ether oxygens (including phenoxy) is 1. The molecule has 5 heteroatoms. The highest BCUT2D eigenvalue weighted by Gasteiger charge is 2.35. The number of hydrogen-bond acceptors (Lipinski definition) is 3. The van der Waals surface area contributed by atoms with Crippen LogP contribution in [0.4, 0.5) is 0 Å². The fourth-order valence-electron chi connectivity index (χ4n) is 3.34. The van der Waals surface area contributed by atoms with Crippen molar-refractivity contribution in [1.82, 2.24) is 14.7 Å². The summed E-state index contributed by atoms with van der Waals surface area (Å²) in [6.45, 7) is 7.12. The maximum atomic E-state index is 12.6. The van der Waals surface area contributed by atoms with Crippen molar-refractivity contribution >= 4 is 5.91 Å². The first-order chi connectivity index (χ1) is 9.65. The second-order valence-corrected chi connectivity index (χ2v) is 6.00. The lowest BCUT2D eigenvalue weighted by Crippen LogP contribution is -2.42. The molecule has 1 aromatic rings. The molecule has 3 heterocycles. The van der Waals surface area contributed by atoms with Crippen LogP contribution in [-0.4, -0.2) is 46.4 Å². The smallest absolute Gasteiger partial charge is 0.228 e. The van der Waals surface area contributed by atoms with Crippen molar-refractivity contribution < 1.29 is 9.53 Å². The molecule has 1 amide bonds. The molecule has 2 atom stereocenters. The molecule has 0 N–H and O–H groups in total. The van der Waals surface area contributed by atoms with Crippen molar-refractivity contribution in [3.63, 3.8) is 0 Å². The molecule has 110 valence electrons. The zero-order chi connectivity index (χ0) is 14.1. The molecule has 5 nitrogen and oxygen atoms in total. The van der Waals surface area contributed by atoms with Crippen LogP contribution in [0.15, 0.2) is 6.07 Å². The summed E-state index contributed by atoms with van der Waals surface area (Å²) in [5, 5.41) is 4.52. The summed E-state index contributed by atoms with van der Waals surface area (Å²) in [4.78, 5) is 14.6. The summed E-state index contributed by atoms with van der Waals surface area (Å²) in [6.07, 6.45) is 3.06. The van der Waals surface area contributed by atoms with Crippen LogP contribution in [0.2, 0.25) is 0 Å². The third-order valence-electron chi connectivity index (χ3n) is 4.43. The average Bonchev–Trinajstić information content (AvgIpc) is 3.12. The Morgan fingerprint density at radius 2 is 2.30 bits per heavy atom. The van der Waals surface area contributed by atoms with E-state index in [1.54, 1.807) is 0 Å². The van der Waals surface area contributed by atoms with Crippen molar-refractivity contribution in [3.8, 4) is 0 Å². The Morgan fingerprint density at radius 1 is 1.45 bits per heavy atom. The van der Waals surface area contributed by atoms with Crippen LogP contribution < -0.4 is 0 Å². The van der Waals surface area contributed by atoms with Crippen LogP contribution in [-0.2, 0) is 16.1 Å². The maximum absolute atomic E-state index is 12.6. The Balaban J connectivity index is 1.69. The van der Waals surface area contributed by atoms with Crippen LogP contribution in [0.3, 0.4) is 0 Å². The molecule has 0 aromatic carbocycles. The lowest BCUT2D eigenvalue weighted by molar-refractivity contribution is -0.136. The highest BCUT2D eigenvalue weighted by molar-refractivity contribution is 5.79. The number of amides is 1. The van der Waals surface area contributed by atoms with Crippen molar-refractivity contribution in [2.45, 2.75) is 45.7 Å². The van der Waals surface area contributed by atoms with Gasteiger partial charge in [0.05, 0.1) is 30.8 Å². The van der Waals surface area contributed by atoms with E-state index < -0.39 is 0 Å². The van der Waals surface area contributed by atoms with Crippen LogP contribution in [0.25, 0.3) is 0 Å².